The normalized spacial score (nSPS) is 28.7. The largest absolute Gasteiger partial charge is 0.489 e. The second-order valence-electron chi connectivity index (χ2n) is 5.59. The van der Waals surface area contributed by atoms with Crippen molar-refractivity contribution in [1.82, 2.24) is 0 Å². The van der Waals surface area contributed by atoms with Crippen molar-refractivity contribution in [3.8, 4) is 5.75 Å². The van der Waals surface area contributed by atoms with Gasteiger partial charge < -0.3 is 15.2 Å². The number of hydrogen-bond donors (Lipinski definition) is 2. The standard InChI is InChI=1S/C15H19ClN2O2S/c16-11-2-1-3-12(13(11)14(17)18)20-10-4-6-19-15(8-10)5-7-21-9-15/h1-3,10H,4-9H2,(H3,17,18). The highest BCUT2D eigenvalue weighted by atomic mass is 35.5. The summed E-state index contributed by atoms with van der Waals surface area (Å²) in [5, 5.41) is 8.14. The third-order valence-electron chi connectivity index (χ3n) is 4.05. The van der Waals surface area contributed by atoms with Gasteiger partial charge in [0.05, 0.1) is 22.8 Å². The zero-order chi connectivity index (χ0) is 14.9. The number of rotatable bonds is 3. The highest BCUT2D eigenvalue weighted by Crippen LogP contribution is 2.39. The third kappa shape index (κ3) is 3.15. The SMILES string of the molecule is N=C(N)c1c(Cl)cccc1OC1CCOC2(CCSC2)C1. The van der Waals surface area contributed by atoms with Gasteiger partial charge in [0.1, 0.15) is 17.7 Å². The van der Waals surface area contributed by atoms with Crippen molar-refractivity contribution in [1.29, 1.82) is 5.41 Å². The first kappa shape index (κ1) is 15.0. The second-order valence-corrected chi connectivity index (χ2v) is 7.11. The number of nitrogens with two attached hydrogens (primary N) is 1. The molecule has 3 rings (SSSR count). The fraction of sp³-hybridized carbons (Fsp3) is 0.533. The zero-order valence-corrected chi connectivity index (χ0v) is 13.3. The number of amidine groups is 1. The van der Waals surface area contributed by atoms with Gasteiger partial charge in [-0.2, -0.15) is 11.8 Å². The van der Waals surface area contributed by atoms with Crippen molar-refractivity contribution in [3.63, 3.8) is 0 Å². The minimum Gasteiger partial charge on any atom is -0.489 e. The average molecular weight is 327 g/mol. The molecule has 2 unspecified atom stereocenters. The van der Waals surface area contributed by atoms with Gasteiger partial charge in [0.2, 0.25) is 0 Å². The second kappa shape index (κ2) is 6.07. The maximum absolute atomic E-state index is 7.68. The van der Waals surface area contributed by atoms with Gasteiger partial charge in [-0.05, 0) is 24.3 Å². The summed E-state index contributed by atoms with van der Waals surface area (Å²) in [7, 11) is 0. The van der Waals surface area contributed by atoms with E-state index in [1.165, 1.54) is 0 Å². The van der Waals surface area contributed by atoms with Crippen molar-refractivity contribution in [2.24, 2.45) is 5.73 Å². The van der Waals surface area contributed by atoms with E-state index in [0.29, 0.717) is 16.3 Å². The molecule has 6 heteroatoms. The van der Waals surface area contributed by atoms with Crippen molar-refractivity contribution >= 4 is 29.2 Å². The maximum Gasteiger partial charge on any atom is 0.132 e. The molecule has 0 saturated carbocycles. The lowest BCUT2D eigenvalue weighted by Gasteiger charge is -2.37. The summed E-state index contributed by atoms with van der Waals surface area (Å²) >= 11 is 8.08. The van der Waals surface area contributed by atoms with Crippen LogP contribution in [0.3, 0.4) is 0 Å². The molecule has 1 spiro atoms. The molecule has 0 aromatic heterocycles. The van der Waals surface area contributed by atoms with Gasteiger partial charge in [0, 0.05) is 18.6 Å². The molecule has 0 bridgehead atoms. The Kier molecular flexibility index (Phi) is 4.33. The summed E-state index contributed by atoms with van der Waals surface area (Å²) in [6, 6.07) is 5.38. The van der Waals surface area contributed by atoms with Crippen LogP contribution in [0.15, 0.2) is 18.2 Å². The molecule has 21 heavy (non-hydrogen) atoms. The minimum atomic E-state index is -0.0613. The number of halogens is 1. The lowest BCUT2D eigenvalue weighted by Crippen LogP contribution is -2.44. The number of hydrogen-bond acceptors (Lipinski definition) is 4. The molecule has 4 nitrogen and oxygen atoms in total. The maximum atomic E-state index is 7.68. The first-order chi connectivity index (χ1) is 10.1. The van der Waals surface area contributed by atoms with Gasteiger partial charge in [-0.1, -0.05) is 17.7 Å². The van der Waals surface area contributed by atoms with E-state index in [1.54, 1.807) is 6.07 Å². The van der Waals surface area contributed by atoms with Gasteiger partial charge in [-0.25, -0.2) is 0 Å². The van der Waals surface area contributed by atoms with Crippen LogP contribution in [0.1, 0.15) is 24.8 Å². The monoisotopic (exact) mass is 326 g/mol. The van der Waals surface area contributed by atoms with Crippen LogP contribution in [0.4, 0.5) is 0 Å². The van der Waals surface area contributed by atoms with Crippen LogP contribution in [0.25, 0.3) is 0 Å². The molecule has 0 radical (unpaired) electrons. The van der Waals surface area contributed by atoms with Crippen molar-refractivity contribution in [2.75, 3.05) is 18.1 Å². The molecule has 1 aromatic carbocycles. The molecule has 114 valence electrons. The Balaban J connectivity index is 1.77. The topological polar surface area (TPSA) is 68.3 Å². The quantitative estimate of drug-likeness (QED) is 0.661. The molecular formula is C15H19ClN2O2S. The Morgan fingerprint density at radius 1 is 1.52 bits per heavy atom. The van der Waals surface area contributed by atoms with Crippen molar-refractivity contribution in [2.45, 2.75) is 31.0 Å². The van der Waals surface area contributed by atoms with E-state index in [-0.39, 0.29) is 17.5 Å². The summed E-state index contributed by atoms with van der Waals surface area (Å²) in [4.78, 5) is 0. The Labute approximate surface area is 133 Å². The molecular weight excluding hydrogens is 308 g/mol. The Hall–Kier alpha value is -0.910. The van der Waals surface area contributed by atoms with Crippen LogP contribution >= 0.6 is 23.4 Å². The van der Waals surface area contributed by atoms with Crippen LogP contribution in [-0.2, 0) is 4.74 Å². The number of nitrogens with one attached hydrogen (secondary N) is 1. The summed E-state index contributed by atoms with van der Waals surface area (Å²) < 4.78 is 12.1. The van der Waals surface area contributed by atoms with E-state index >= 15 is 0 Å². The zero-order valence-electron chi connectivity index (χ0n) is 11.7. The van der Waals surface area contributed by atoms with Crippen molar-refractivity contribution in [3.05, 3.63) is 28.8 Å². The summed E-state index contributed by atoms with van der Waals surface area (Å²) in [5.41, 5.74) is 6.09. The number of ether oxygens (including phenoxy) is 2. The van der Waals surface area contributed by atoms with Gasteiger partial charge in [0.25, 0.3) is 0 Å². The molecule has 2 aliphatic rings. The fourth-order valence-corrected chi connectivity index (χ4v) is 4.64. The van der Waals surface area contributed by atoms with Gasteiger partial charge >= 0.3 is 0 Å². The molecule has 1 aromatic rings. The Morgan fingerprint density at radius 3 is 3.10 bits per heavy atom. The molecule has 2 aliphatic heterocycles. The first-order valence-corrected chi connectivity index (χ1v) is 8.64. The molecule has 2 saturated heterocycles. The Morgan fingerprint density at radius 2 is 2.38 bits per heavy atom. The number of thioether (sulfide) groups is 1. The lowest BCUT2D eigenvalue weighted by molar-refractivity contribution is -0.0959. The smallest absolute Gasteiger partial charge is 0.132 e. The minimum absolute atomic E-state index is 0.0253. The predicted molar refractivity (Wildman–Crippen MR) is 86.7 cm³/mol. The predicted octanol–water partition coefficient (Wildman–Crippen LogP) is 3.06. The van der Waals surface area contributed by atoms with E-state index in [0.717, 1.165) is 37.4 Å². The van der Waals surface area contributed by atoms with Gasteiger partial charge in [-0.3, -0.25) is 5.41 Å². The van der Waals surface area contributed by atoms with E-state index in [2.05, 4.69) is 0 Å². The highest BCUT2D eigenvalue weighted by Gasteiger charge is 2.41. The number of benzene rings is 1. The highest BCUT2D eigenvalue weighted by molar-refractivity contribution is 7.99. The van der Waals surface area contributed by atoms with Crippen LogP contribution in [0, 0.1) is 5.41 Å². The van der Waals surface area contributed by atoms with Gasteiger partial charge in [0.15, 0.2) is 0 Å². The van der Waals surface area contributed by atoms with E-state index < -0.39 is 0 Å². The molecule has 0 amide bonds. The van der Waals surface area contributed by atoms with Crippen LogP contribution < -0.4 is 10.5 Å². The molecule has 2 fully saturated rings. The molecule has 3 N–H and O–H groups in total. The van der Waals surface area contributed by atoms with Crippen LogP contribution in [-0.4, -0.2) is 35.7 Å². The summed E-state index contributed by atoms with van der Waals surface area (Å²) in [5.74, 6) is 2.74. The van der Waals surface area contributed by atoms with Gasteiger partial charge in [-0.15, -0.1) is 0 Å². The van der Waals surface area contributed by atoms with E-state index in [1.807, 2.05) is 23.9 Å². The third-order valence-corrected chi connectivity index (χ3v) is 5.59. The van der Waals surface area contributed by atoms with E-state index in [4.69, 9.17) is 32.2 Å². The van der Waals surface area contributed by atoms with Crippen LogP contribution in [0.2, 0.25) is 5.02 Å². The van der Waals surface area contributed by atoms with E-state index in [9.17, 15) is 0 Å². The summed E-state index contributed by atoms with van der Waals surface area (Å²) in [6.45, 7) is 0.723. The summed E-state index contributed by atoms with van der Waals surface area (Å²) in [6.07, 6.45) is 2.93. The van der Waals surface area contributed by atoms with Crippen LogP contribution in [0.5, 0.6) is 5.75 Å². The Bertz CT molecular complexity index is 546. The molecule has 0 aliphatic carbocycles. The lowest BCUT2D eigenvalue weighted by atomic mass is 9.91. The average Bonchev–Trinajstić information content (AvgIpc) is 2.86. The van der Waals surface area contributed by atoms with Crippen molar-refractivity contribution < 1.29 is 9.47 Å². The first-order valence-electron chi connectivity index (χ1n) is 7.11. The number of nitrogen functional groups attached to an aromatic ring is 1. The molecule has 2 heterocycles. The fourth-order valence-electron chi connectivity index (χ4n) is 2.99. The molecule has 2 atom stereocenters.